The monoisotopic (exact) mass is 413 g/mol. The molecular formula is C26H27N3O2. The maximum absolute atomic E-state index is 12.5. The standard InChI is InChI=1S/C26H27N3O2/c1-18(22-12-11-19-7-5-6-10-23(19)17-22)28-29-26(31)21-13-15-24(16-14-21)27-25(30)20-8-3-2-4-9-20/h5-7,10-17,20H,2-4,8-9H2,1H3,(H,27,30)(H,29,31). The van der Waals surface area contributed by atoms with E-state index >= 15 is 0 Å². The van der Waals surface area contributed by atoms with Gasteiger partial charge in [0.25, 0.3) is 5.91 Å². The summed E-state index contributed by atoms with van der Waals surface area (Å²) >= 11 is 0. The van der Waals surface area contributed by atoms with Crippen LogP contribution < -0.4 is 10.7 Å². The smallest absolute Gasteiger partial charge is 0.271 e. The number of hydrogen-bond acceptors (Lipinski definition) is 3. The highest BCUT2D eigenvalue weighted by molar-refractivity contribution is 6.03. The van der Waals surface area contributed by atoms with Crippen molar-refractivity contribution in [2.75, 3.05) is 5.32 Å². The molecule has 5 heteroatoms. The molecule has 1 fully saturated rings. The molecule has 3 aromatic carbocycles. The lowest BCUT2D eigenvalue weighted by Gasteiger charge is -2.20. The lowest BCUT2D eigenvalue weighted by atomic mass is 9.88. The summed E-state index contributed by atoms with van der Waals surface area (Å²) in [4.78, 5) is 24.8. The molecule has 0 spiro atoms. The Labute approximate surface area is 182 Å². The van der Waals surface area contributed by atoms with Gasteiger partial charge >= 0.3 is 0 Å². The fourth-order valence-corrected chi connectivity index (χ4v) is 3.99. The fraction of sp³-hybridized carbons (Fsp3) is 0.269. The molecule has 0 saturated heterocycles. The highest BCUT2D eigenvalue weighted by atomic mass is 16.2. The van der Waals surface area contributed by atoms with E-state index in [0.29, 0.717) is 11.3 Å². The molecule has 1 aliphatic carbocycles. The number of amides is 2. The molecule has 2 amide bonds. The Morgan fingerprint density at radius 3 is 2.26 bits per heavy atom. The fourth-order valence-electron chi connectivity index (χ4n) is 3.99. The van der Waals surface area contributed by atoms with Gasteiger partial charge in [-0.25, -0.2) is 5.43 Å². The van der Waals surface area contributed by atoms with E-state index in [1.807, 2.05) is 31.2 Å². The summed E-state index contributed by atoms with van der Waals surface area (Å²) in [6.07, 6.45) is 5.38. The zero-order chi connectivity index (χ0) is 21.6. The Morgan fingerprint density at radius 1 is 0.839 bits per heavy atom. The van der Waals surface area contributed by atoms with Gasteiger partial charge in [-0.05, 0) is 66.4 Å². The van der Waals surface area contributed by atoms with Gasteiger partial charge in [0.2, 0.25) is 5.91 Å². The summed E-state index contributed by atoms with van der Waals surface area (Å²) in [6.45, 7) is 1.87. The highest BCUT2D eigenvalue weighted by Gasteiger charge is 2.21. The van der Waals surface area contributed by atoms with Crippen LogP contribution in [-0.2, 0) is 4.79 Å². The molecule has 0 aliphatic heterocycles. The van der Waals surface area contributed by atoms with Gasteiger partial charge in [-0.15, -0.1) is 0 Å². The molecule has 4 rings (SSSR count). The van der Waals surface area contributed by atoms with E-state index in [9.17, 15) is 9.59 Å². The molecule has 158 valence electrons. The zero-order valence-electron chi connectivity index (χ0n) is 17.7. The third kappa shape index (κ3) is 5.18. The largest absolute Gasteiger partial charge is 0.326 e. The number of carbonyl (C=O) groups excluding carboxylic acids is 2. The molecule has 0 unspecified atom stereocenters. The van der Waals surface area contributed by atoms with Gasteiger partial charge in [0.05, 0.1) is 5.71 Å². The average molecular weight is 414 g/mol. The highest BCUT2D eigenvalue weighted by Crippen LogP contribution is 2.25. The van der Waals surface area contributed by atoms with Crippen LogP contribution in [0.5, 0.6) is 0 Å². The second-order valence-corrected chi connectivity index (χ2v) is 8.10. The molecule has 0 heterocycles. The average Bonchev–Trinajstić information content (AvgIpc) is 2.83. The van der Waals surface area contributed by atoms with E-state index in [4.69, 9.17) is 0 Å². The van der Waals surface area contributed by atoms with Crippen molar-refractivity contribution in [2.45, 2.75) is 39.0 Å². The van der Waals surface area contributed by atoms with Crippen LogP contribution in [0, 0.1) is 5.92 Å². The predicted octanol–water partition coefficient (Wildman–Crippen LogP) is 5.51. The van der Waals surface area contributed by atoms with Crippen molar-refractivity contribution in [3.63, 3.8) is 0 Å². The molecule has 1 aliphatic rings. The first-order valence-electron chi connectivity index (χ1n) is 10.8. The summed E-state index contributed by atoms with van der Waals surface area (Å²) < 4.78 is 0. The number of fused-ring (bicyclic) bond motifs is 1. The van der Waals surface area contributed by atoms with E-state index in [2.05, 4.69) is 34.0 Å². The van der Waals surface area contributed by atoms with Gasteiger partial charge < -0.3 is 5.32 Å². The van der Waals surface area contributed by atoms with Crippen molar-refractivity contribution in [2.24, 2.45) is 11.0 Å². The topological polar surface area (TPSA) is 70.6 Å². The Bertz CT molecular complexity index is 1110. The van der Waals surface area contributed by atoms with Crippen molar-refractivity contribution in [3.05, 3.63) is 77.9 Å². The number of carbonyl (C=O) groups is 2. The van der Waals surface area contributed by atoms with Crippen LogP contribution in [0.3, 0.4) is 0 Å². The molecule has 2 N–H and O–H groups in total. The molecule has 0 atom stereocenters. The quantitative estimate of drug-likeness (QED) is 0.427. The SMILES string of the molecule is CC(=NNC(=O)c1ccc(NC(=O)C2CCCCC2)cc1)c1ccc2ccccc2c1. The number of nitrogens with one attached hydrogen (secondary N) is 2. The summed E-state index contributed by atoms with van der Waals surface area (Å²) in [5.74, 6) is -0.109. The van der Waals surface area contributed by atoms with Gasteiger partial charge in [-0.1, -0.05) is 55.7 Å². The lowest BCUT2D eigenvalue weighted by molar-refractivity contribution is -0.120. The molecule has 31 heavy (non-hydrogen) atoms. The summed E-state index contributed by atoms with van der Waals surface area (Å²) in [5.41, 5.74) is 5.51. The Morgan fingerprint density at radius 2 is 1.52 bits per heavy atom. The summed E-state index contributed by atoms with van der Waals surface area (Å²) in [7, 11) is 0. The maximum Gasteiger partial charge on any atom is 0.271 e. The molecule has 0 aromatic heterocycles. The van der Waals surface area contributed by atoms with Crippen LogP contribution in [0.15, 0.2) is 71.8 Å². The summed E-state index contributed by atoms with van der Waals surface area (Å²) in [6, 6.07) is 21.2. The first-order chi connectivity index (χ1) is 15.1. The third-order valence-corrected chi connectivity index (χ3v) is 5.88. The number of hydrazone groups is 1. The van der Waals surface area contributed by atoms with E-state index in [1.54, 1.807) is 24.3 Å². The van der Waals surface area contributed by atoms with Crippen molar-refractivity contribution >= 4 is 34.0 Å². The van der Waals surface area contributed by atoms with Gasteiger partial charge in [0.1, 0.15) is 0 Å². The molecule has 1 saturated carbocycles. The number of rotatable bonds is 5. The third-order valence-electron chi connectivity index (χ3n) is 5.88. The van der Waals surface area contributed by atoms with E-state index in [1.165, 1.54) is 11.8 Å². The zero-order valence-corrected chi connectivity index (χ0v) is 17.7. The van der Waals surface area contributed by atoms with Crippen LogP contribution in [0.25, 0.3) is 10.8 Å². The van der Waals surface area contributed by atoms with Crippen LogP contribution in [0.2, 0.25) is 0 Å². The summed E-state index contributed by atoms with van der Waals surface area (Å²) in [5, 5.41) is 9.52. The minimum Gasteiger partial charge on any atom is -0.326 e. The predicted molar refractivity (Wildman–Crippen MR) is 125 cm³/mol. The minimum absolute atomic E-state index is 0.0764. The van der Waals surface area contributed by atoms with E-state index < -0.39 is 0 Å². The van der Waals surface area contributed by atoms with Gasteiger partial charge in [0, 0.05) is 17.2 Å². The van der Waals surface area contributed by atoms with Crippen LogP contribution in [0.1, 0.15) is 54.9 Å². The van der Waals surface area contributed by atoms with Crippen molar-refractivity contribution in [3.8, 4) is 0 Å². The molecule has 5 nitrogen and oxygen atoms in total. The van der Waals surface area contributed by atoms with Crippen molar-refractivity contribution < 1.29 is 9.59 Å². The second-order valence-electron chi connectivity index (χ2n) is 8.10. The number of hydrogen-bond donors (Lipinski definition) is 2. The Kier molecular flexibility index (Phi) is 6.41. The number of nitrogens with zero attached hydrogens (tertiary/aromatic N) is 1. The van der Waals surface area contributed by atoms with Gasteiger partial charge in [0.15, 0.2) is 0 Å². The van der Waals surface area contributed by atoms with Crippen molar-refractivity contribution in [1.29, 1.82) is 0 Å². The number of benzene rings is 3. The van der Waals surface area contributed by atoms with Crippen LogP contribution in [0.4, 0.5) is 5.69 Å². The van der Waals surface area contributed by atoms with E-state index in [-0.39, 0.29) is 17.7 Å². The first kappa shape index (κ1) is 20.8. The first-order valence-corrected chi connectivity index (χ1v) is 10.8. The molecule has 3 aromatic rings. The Hall–Kier alpha value is -3.47. The van der Waals surface area contributed by atoms with E-state index in [0.717, 1.165) is 42.3 Å². The maximum atomic E-state index is 12.5. The minimum atomic E-state index is -0.287. The van der Waals surface area contributed by atoms with Crippen molar-refractivity contribution in [1.82, 2.24) is 5.43 Å². The van der Waals surface area contributed by atoms with Gasteiger partial charge in [-0.2, -0.15) is 5.10 Å². The molecular weight excluding hydrogens is 386 g/mol. The van der Waals surface area contributed by atoms with Gasteiger partial charge in [-0.3, -0.25) is 9.59 Å². The Balaban J connectivity index is 1.36. The normalized spacial score (nSPS) is 14.9. The molecule has 0 bridgehead atoms. The van der Waals surface area contributed by atoms with Crippen LogP contribution >= 0.6 is 0 Å². The molecule has 0 radical (unpaired) electrons. The number of anilines is 1. The second kappa shape index (κ2) is 9.56. The van der Waals surface area contributed by atoms with Crippen LogP contribution in [-0.4, -0.2) is 17.5 Å². The lowest BCUT2D eigenvalue weighted by Crippen LogP contribution is -2.24.